The number of aliphatic imine (C=N–C) groups is 1. The molecule has 0 radical (unpaired) electrons. The third-order valence-electron chi connectivity index (χ3n) is 3.55. The van der Waals surface area contributed by atoms with Crippen LogP contribution in [0.4, 0.5) is 0 Å². The van der Waals surface area contributed by atoms with Gasteiger partial charge in [0, 0.05) is 32.4 Å². The van der Waals surface area contributed by atoms with E-state index in [0.29, 0.717) is 6.54 Å². The molecule has 0 saturated heterocycles. The Bertz CT molecular complexity index is 414. The third kappa shape index (κ3) is 4.81. The van der Waals surface area contributed by atoms with Crippen molar-refractivity contribution in [1.82, 2.24) is 20.5 Å². The first kappa shape index (κ1) is 14.8. The van der Waals surface area contributed by atoms with Gasteiger partial charge in [-0.2, -0.15) is 0 Å². The Morgan fingerprint density at radius 3 is 2.85 bits per heavy atom. The van der Waals surface area contributed by atoms with Crippen LogP contribution in [0.3, 0.4) is 0 Å². The first-order valence-corrected chi connectivity index (χ1v) is 7.42. The number of hydrogen-bond donors (Lipinski definition) is 2. The average Bonchev–Trinajstić information content (AvgIpc) is 3.32. The van der Waals surface area contributed by atoms with Gasteiger partial charge in [-0.25, -0.2) is 0 Å². The molecule has 2 N–H and O–H groups in total. The fraction of sp³-hybridized carbons (Fsp3) is 0.600. The number of aromatic nitrogens is 1. The van der Waals surface area contributed by atoms with Crippen molar-refractivity contribution >= 4 is 5.96 Å². The Morgan fingerprint density at radius 1 is 1.40 bits per heavy atom. The molecule has 110 valence electrons. The first-order valence-electron chi connectivity index (χ1n) is 7.42. The van der Waals surface area contributed by atoms with Crippen molar-refractivity contribution in [2.24, 2.45) is 4.99 Å². The maximum atomic E-state index is 4.28. The van der Waals surface area contributed by atoms with Crippen LogP contribution in [0.1, 0.15) is 25.5 Å². The minimum absolute atomic E-state index is 0.695. The number of guanidine groups is 1. The van der Waals surface area contributed by atoms with Gasteiger partial charge in [-0.05, 0) is 31.5 Å². The molecule has 0 spiro atoms. The van der Waals surface area contributed by atoms with Gasteiger partial charge in [-0.1, -0.05) is 13.0 Å². The molecule has 5 nitrogen and oxygen atoms in total. The van der Waals surface area contributed by atoms with E-state index in [9.17, 15) is 0 Å². The molecule has 1 aliphatic carbocycles. The summed E-state index contributed by atoms with van der Waals surface area (Å²) in [7, 11) is 1.80. The van der Waals surface area contributed by atoms with E-state index in [2.05, 4.69) is 32.4 Å². The highest BCUT2D eigenvalue weighted by Crippen LogP contribution is 2.25. The minimum Gasteiger partial charge on any atom is -0.355 e. The highest BCUT2D eigenvalue weighted by Gasteiger charge is 2.27. The molecule has 5 heteroatoms. The molecule has 1 fully saturated rings. The van der Waals surface area contributed by atoms with Crippen LogP contribution in [-0.2, 0) is 6.54 Å². The van der Waals surface area contributed by atoms with Crippen LogP contribution < -0.4 is 10.6 Å². The van der Waals surface area contributed by atoms with Gasteiger partial charge in [-0.15, -0.1) is 0 Å². The summed E-state index contributed by atoms with van der Waals surface area (Å²) in [6, 6.07) is 6.75. The highest BCUT2D eigenvalue weighted by atomic mass is 15.2. The van der Waals surface area contributed by atoms with Gasteiger partial charge in [0.25, 0.3) is 0 Å². The second-order valence-corrected chi connectivity index (χ2v) is 5.03. The number of nitrogens with one attached hydrogen (secondary N) is 2. The van der Waals surface area contributed by atoms with Crippen LogP contribution in [0.5, 0.6) is 0 Å². The zero-order valence-electron chi connectivity index (χ0n) is 12.5. The lowest BCUT2D eigenvalue weighted by Crippen LogP contribution is -2.41. The summed E-state index contributed by atoms with van der Waals surface area (Å²) in [5.41, 5.74) is 1.02. The van der Waals surface area contributed by atoms with Crippen LogP contribution in [0.15, 0.2) is 29.4 Å². The van der Waals surface area contributed by atoms with Crippen molar-refractivity contribution < 1.29 is 0 Å². The van der Waals surface area contributed by atoms with Crippen LogP contribution >= 0.6 is 0 Å². The van der Waals surface area contributed by atoms with Crippen molar-refractivity contribution in [2.75, 3.05) is 26.7 Å². The lowest BCUT2D eigenvalue weighted by molar-refractivity contribution is 0.282. The molecule has 1 saturated carbocycles. The summed E-state index contributed by atoms with van der Waals surface area (Å²) in [6.45, 7) is 6.05. The molecule has 2 rings (SSSR count). The minimum atomic E-state index is 0.695. The second kappa shape index (κ2) is 7.85. The van der Waals surface area contributed by atoms with E-state index >= 15 is 0 Å². The monoisotopic (exact) mass is 275 g/mol. The van der Waals surface area contributed by atoms with E-state index in [-0.39, 0.29) is 0 Å². The number of hydrogen-bond acceptors (Lipinski definition) is 3. The fourth-order valence-corrected chi connectivity index (χ4v) is 2.25. The number of rotatable bonds is 7. The maximum Gasteiger partial charge on any atom is 0.191 e. The average molecular weight is 275 g/mol. The van der Waals surface area contributed by atoms with Crippen molar-refractivity contribution in [3.63, 3.8) is 0 Å². The van der Waals surface area contributed by atoms with Gasteiger partial charge in [0.15, 0.2) is 5.96 Å². The molecule has 0 atom stereocenters. The molecule has 0 amide bonds. The normalized spacial score (nSPS) is 15.4. The standard InChI is InChI=1S/C15H25N5/c1-3-20(14-7-8-14)11-10-18-15(16-2)19-12-13-6-4-5-9-17-13/h4-6,9,14H,3,7-8,10-12H2,1-2H3,(H2,16,18,19). The van der Waals surface area contributed by atoms with E-state index in [0.717, 1.165) is 37.3 Å². The maximum absolute atomic E-state index is 4.28. The van der Waals surface area contributed by atoms with Crippen LogP contribution in [-0.4, -0.2) is 48.6 Å². The van der Waals surface area contributed by atoms with Crippen molar-refractivity contribution in [2.45, 2.75) is 32.4 Å². The van der Waals surface area contributed by atoms with Gasteiger partial charge < -0.3 is 10.6 Å². The number of likely N-dealkylation sites (N-methyl/N-ethyl adjacent to an activating group) is 1. The first-order chi connectivity index (χ1) is 9.83. The topological polar surface area (TPSA) is 52.5 Å². The van der Waals surface area contributed by atoms with Crippen LogP contribution in [0.25, 0.3) is 0 Å². The molecule has 0 bridgehead atoms. The summed E-state index contributed by atoms with van der Waals surface area (Å²) in [5, 5.41) is 6.64. The molecule has 1 aromatic rings. The largest absolute Gasteiger partial charge is 0.355 e. The van der Waals surface area contributed by atoms with Crippen LogP contribution in [0.2, 0.25) is 0 Å². The second-order valence-electron chi connectivity index (χ2n) is 5.03. The smallest absolute Gasteiger partial charge is 0.191 e. The number of nitrogens with zero attached hydrogens (tertiary/aromatic N) is 3. The predicted molar refractivity (Wildman–Crippen MR) is 82.7 cm³/mol. The van der Waals surface area contributed by atoms with E-state index < -0.39 is 0 Å². The van der Waals surface area contributed by atoms with E-state index in [1.54, 1.807) is 7.05 Å². The molecular formula is C15H25N5. The molecule has 0 unspecified atom stereocenters. The Labute approximate surface area is 121 Å². The zero-order valence-corrected chi connectivity index (χ0v) is 12.5. The zero-order chi connectivity index (χ0) is 14.2. The molecule has 20 heavy (non-hydrogen) atoms. The van der Waals surface area contributed by atoms with E-state index in [1.807, 2.05) is 24.4 Å². The van der Waals surface area contributed by atoms with Gasteiger partial charge in [0.2, 0.25) is 0 Å². The summed E-state index contributed by atoms with van der Waals surface area (Å²) >= 11 is 0. The predicted octanol–water partition coefficient (Wildman–Crippen LogP) is 1.23. The quantitative estimate of drug-likeness (QED) is 0.580. The Kier molecular flexibility index (Phi) is 5.80. The van der Waals surface area contributed by atoms with Gasteiger partial charge >= 0.3 is 0 Å². The van der Waals surface area contributed by atoms with Gasteiger partial charge in [0.1, 0.15) is 0 Å². The molecular weight excluding hydrogens is 250 g/mol. The molecule has 1 aromatic heterocycles. The van der Waals surface area contributed by atoms with Crippen molar-refractivity contribution in [3.8, 4) is 0 Å². The van der Waals surface area contributed by atoms with Crippen molar-refractivity contribution in [3.05, 3.63) is 30.1 Å². The summed E-state index contributed by atoms with van der Waals surface area (Å²) in [6.07, 6.45) is 4.53. The fourth-order valence-electron chi connectivity index (χ4n) is 2.25. The Morgan fingerprint density at radius 2 is 2.25 bits per heavy atom. The number of pyridine rings is 1. The Balaban J connectivity index is 1.67. The van der Waals surface area contributed by atoms with Gasteiger partial charge in [-0.3, -0.25) is 14.9 Å². The van der Waals surface area contributed by atoms with Gasteiger partial charge in [0.05, 0.1) is 12.2 Å². The molecule has 0 aromatic carbocycles. The molecule has 1 aliphatic rings. The Hall–Kier alpha value is -1.62. The lowest BCUT2D eigenvalue weighted by Gasteiger charge is -2.20. The lowest BCUT2D eigenvalue weighted by atomic mass is 10.3. The summed E-state index contributed by atoms with van der Waals surface area (Å²) < 4.78 is 0. The highest BCUT2D eigenvalue weighted by molar-refractivity contribution is 5.79. The molecule has 0 aliphatic heterocycles. The SMILES string of the molecule is CCN(CCNC(=NC)NCc1ccccn1)C1CC1. The van der Waals surface area contributed by atoms with Crippen molar-refractivity contribution in [1.29, 1.82) is 0 Å². The third-order valence-corrected chi connectivity index (χ3v) is 3.55. The summed E-state index contributed by atoms with van der Waals surface area (Å²) in [5.74, 6) is 0.836. The molecule has 1 heterocycles. The van der Waals surface area contributed by atoms with E-state index in [1.165, 1.54) is 12.8 Å². The summed E-state index contributed by atoms with van der Waals surface area (Å²) in [4.78, 5) is 11.0. The van der Waals surface area contributed by atoms with Crippen LogP contribution in [0, 0.1) is 0 Å². The van der Waals surface area contributed by atoms with E-state index in [4.69, 9.17) is 0 Å².